The molecule has 1 aromatic heterocycles. The lowest BCUT2D eigenvalue weighted by molar-refractivity contribution is 0.0752. The Morgan fingerprint density at radius 3 is 2.38 bits per heavy atom. The maximum absolute atomic E-state index is 13.1. The number of piperazine rings is 1. The van der Waals surface area contributed by atoms with Gasteiger partial charge in [0.15, 0.2) is 0 Å². The van der Waals surface area contributed by atoms with Crippen LogP contribution in [0.3, 0.4) is 0 Å². The minimum absolute atomic E-state index is 0.0175. The molecule has 0 unspecified atom stereocenters. The minimum Gasteiger partial charge on any atom is -0.497 e. The largest absolute Gasteiger partial charge is 0.497 e. The Bertz CT molecular complexity index is 982. The molecule has 2 heterocycles. The fourth-order valence-corrected chi connectivity index (χ4v) is 4.04. The molecule has 0 bridgehead atoms. The predicted octanol–water partition coefficient (Wildman–Crippen LogP) is 3.18. The van der Waals surface area contributed by atoms with Crippen molar-refractivity contribution < 1.29 is 14.3 Å². The number of carbonyl (C=O) groups excluding carboxylic acids is 1. The zero-order valence-corrected chi connectivity index (χ0v) is 17.2. The lowest BCUT2D eigenvalue weighted by atomic mass is 10.1. The number of hydrogen-bond acceptors (Lipinski definition) is 7. The van der Waals surface area contributed by atoms with Gasteiger partial charge >= 0.3 is 0 Å². The molecule has 1 saturated heterocycles. The van der Waals surface area contributed by atoms with E-state index in [1.165, 1.54) is 0 Å². The summed E-state index contributed by atoms with van der Waals surface area (Å²) in [4.78, 5) is 17.8. The van der Waals surface area contributed by atoms with E-state index in [1.807, 2.05) is 47.4 Å². The molecule has 0 aliphatic carbocycles. The van der Waals surface area contributed by atoms with Crippen LogP contribution in [0.4, 0.5) is 5.69 Å². The van der Waals surface area contributed by atoms with Crippen LogP contribution in [0.2, 0.25) is 0 Å². The zero-order valence-electron chi connectivity index (χ0n) is 16.4. The molecule has 2 aromatic carbocycles. The SMILES string of the molecule is COc1ccc(-c2nnsc2C(=O)N2CCN(c3cccc(OC)c3)CC2)cc1. The van der Waals surface area contributed by atoms with Crippen LogP contribution in [0.15, 0.2) is 48.5 Å². The predicted molar refractivity (Wildman–Crippen MR) is 113 cm³/mol. The average Bonchev–Trinajstić information content (AvgIpc) is 3.28. The number of hydrogen-bond donors (Lipinski definition) is 0. The number of nitrogens with zero attached hydrogens (tertiary/aromatic N) is 4. The van der Waals surface area contributed by atoms with Crippen LogP contribution in [0.5, 0.6) is 11.5 Å². The molecule has 29 heavy (non-hydrogen) atoms. The topological polar surface area (TPSA) is 67.8 Å². The second kappa shape index (κ2) is 8.48. The number of carbonyl (C=O) groups is 1. The Morgan fingerprint density at radius 1 is 0.966 bits per heavy atom. The Hall–Kier alpha value is -3.13. The number of rotatable bonds is 5. The van der Waals surface area contributed by atoms with Gasteiger partial charge in [-0.1, -0.05) is 10.6 Å². The maximum Gasteiger partial charge on any atom is 0.268 e. The monoisotopic (exact) mass is 410 g/mol. The van der Waals surface area contributed by atoms with Gasteiger partial charge in [0.1, 0.15) is 22.1 Å². The first kappa shape index (κ1) is 19.2. The highest BCUT2D eigenvalue weighted by molar-refractivity contribution is 7.08. The van der Waals surface area contributed by atoms with Gasteiger partial charge in [-0.25, -0.2) is 0 Å². The summed E-state index contributed by atoms with van der Waals surface area (Å²) in [5.41, 5.74) is 2.59. The minimum atomic E-state index is -0.0175. The van der Waals surface area contributed by atoms with E-state index in [-0.39, 0.29) is 5.91 Å². The molecule has 0 atom stereocenters. The van der Waals surface area contributed by atoms with Crippen molar-refractivity contribution in [3.05, 3.63) is 53.4 Å². The van der Waals surface area contributed by atoms with Gasteiger partial charge in [-0.2, -0.15) is 0 Å². The van der Waals surface area contributed by atoms with Gasteiger partial charge in [0.05, 0.1) is 14.2 Å². The normalized spacial score (nSPS) is 14.0. The number of benzene rings is 2. The molecule has 4 rings (SSSR count). The van der Waals surface area contributed by atoms with E-state index in [1.54, 1.807) is 14.2 Å². The molecule has 8 heteroatoms. The summed E-state index contributed by atoms with van der Waals surface area (Å²) in [6.45, 7) is 2.83. The molecule has 7 nitrogen and oxygen atoms in total. The van der Waals surface area contributed by atoms with Crippen molar-refractivity contribution in [1.29, 1.82) is 0 Å². The van der Waals surface area contributed by atoms with Crippen LogP contribution >= 0.6 is 11.5 Å². The third kappa shape index (κ3) is 4.02. The number of amides is 1. The molecule has 0 saturated carbocycles. The van der Waals surface area contributed by atoms with E-state index >= 15 is 0 Å². The maximum atomic E-state index is 13.1. The van der Waals surface area contributed by atoms with Gasteiger partial charge in [-0.05, 0) is 47.9 Å². The lowest BCUT2D eigenvalue weighted by Gasteiger charge is -2.36. The van der Waals surface area contributed by atoms with Crippen LogP contribution in [0, 0.1) is 0 Å². The van der Waals surface area contributed by atoms with Crippen molar-refractivity contribution in [3.8, 4) is 22.8 Å². The molecule has 1 aliphatic rings. The molecule has 1 aliphatic heterocycles. The third-order valence-electron chi connectivity index (χ3n) is 5.03. The van der Waals surface area contributed by atoms with Gasteiger partial charge in [-0.3, -0.25) is 4.79 Å². The second-order valence-electron chi connectivity index (χ2n) is 6.66. The molecule has 1 fully saturated rings. The fraction of sp³-hybridized carbons (Fsp3) is 0.286. The summed E-state index contributed by atoms with van der Waals surface area (Å²) in [5.74, 6) is 1.58. The molecule has 1 amide bonds. The smallest absolute Gasteiger partial charge is 0.268 e. The van der Waals surface area contributed by atoms with Crippen molar-refractivity contribution in [2.75, 3.05) is 45.3 Å². The van der Waals surface area contributed by atoms with E-state index in [0.29, 0.717) is 23.7 Å². The third-order valence-corrected chi connectivity index (χ3v) is 5.74. The van der Waals surface area contributed by atoms with Gasteiger partial charge in [0, 0.05) is 43.5 Å². The van der Waals surface area contributed by atoms with Crippen LogP contribution in [-0.2, 0) is 0 Å². The Kier molecular flexibility index (Phi) is 5.62. The summed E-state index contributed by atoms with van der Waals surface area (Å²) < 4.78 is 14.5. The highest BCUT2D eigenvalue weighted by atomic mass is 32.1. The second-order valence-corrected chi connectivity index (χ2v) is 7.41. The number of methoxy groups -OCH3 is 2. The quantitative estimate of drug-likeness (QED) is 0.644. The molecule has 150 valence electrons. The first-order valence-electron chi connectivity index (χ1n) is 9.34. The molecule has 0 spiro atoms. The van der Waals surface area contributed by atoms with Crippen molar-refractivity contribution in [1.82, 2.24) is 14.5 Å². The number of anilines is 1. The highest BCUT2D eigenvalue weighted by Gasteiger charge is 2.27. The summed E-state index contributed by atoms with van der Waals surface area (Å²) in [5, 5.41) is 4.20. The molecule has 3 aromatic rings. The molecule has 0 radical (unpaired) electrons. The van der Waals surface area contributed by atoms with E-state index in [4.69, 9.17) is 9.47 Å². The Labute approximate surface area is 173 Å². The molecule has 0 N–H and O–H groups in total. The Balaban J connectivity index is 1.46. The van der Waals surface area contributed by atoms with E-state index in [9.17, 15) is 4.79 Å². The van der Waals surface area contributed by atoms with E-state index in [2.05, 4.69) is 20.6 Å². The zero-order chi connectivity index (χ0) is 20.2. The standard InChI is InChI=1S/C21H22N4O3S/c1-27-17-8-6-15(7-9-17)19-20(29-23-22-19)21(26)25-12-10-24(11-13-25)16-4-3-5-18(14-16)28-2/h3-9,14H,10-13H2,1-2H3. The van der Waals surface area contributed by atoms with Crippen LogP contribution in [0.1, 0.15) is 9.67 Å². The highest BCUT2D eigenvalue weighted by Crippen LogP contribution is 2.28. The van der Waals surface area contributed by atoms with Crippen LogP contribution < -0.4 is 14.4 Å². The van der Waals surface area contributed by atoms with E-state index in [0.717, 1.165) is 47.4 Å². The van der Waals surface area contributed by atoms with Crippen molar-refractivity contribution in [2.45, 2.75) is 0 Å². The van der Waals surface area contributed by atoms with E-state index < -0.39 is 0 Å². The van der Waals surface area contributed by atoms with Gasteiger partial charge < -0.3 is 19.3 Å². The average molecular weight is 410 g/mol. The number of aromatic nitrogens is 2. The fourth-order valence-electron chi connectivity index (χ4n) is 3.39. The summed E-state index contributed by atoms with van der Waals surface area (Å²) in [7, 11) is 3.29. The lowest BCUT2D eigenvalue weighted by Crippen LogP contribution is -2.48. The van der Waals surface area contributed by atoms with Crippen LogP contribution in [0.25, 0.3) is 11.3 Å². The number of ether oxygens (including phenoxy) is 2. The van der Waals surface area contributed by atoms with Gasteiger partial charge in [-0.15, -0.1) is 5.10 Å². The first-order chi connectivity index (χ1) is 14.2. The van der Waals surface area contributed by atoms with Crippen LogP contribution in [-0.4, -0.2) is 60.8 Å². The first-order valence-corrected chi connectivity index (χ1v) is 10.1. The van der Waals surface area contributed by atoms with Gasteiger partial charge in [0.25, 0.3) is 5.91 Å². The summed E-state index contributed by atoms with van der Waals surface area (Å²) >= 11 is 1.14. The molecular formula is C21H22N4O3S. The van der Waals surface area contributed by atoms with Gasteiger partial charge in [0.2, 0.25) is 0 Å². The summed E-state index contributed by atoms with van der Waals surface area (Å²) in [6.07, 6.45) is 0. The molecular weight excluding hydrogens is 388 g/mol. The Morgan fingerprint density at radius 2 is 1.69 bits per heavy atom. The van der Waals surface area contributed by atoms with Crippen molar-refractivity contribution >= 4 is 23.1 Å². The van der Waals surface area contributed by atoms with Crippen molar-refractivity contribution in [2.24, 2.45) is 0 Å². The van der Waals surface area contributed by atoms with Crippen molar-refractivity contribution in [3.63, 3.8) is 0 Å². The summed E-state index contributed by atoms with van der Waals surface area (Å²) in [6, 6.07) is 15.5.